The first-order valence-corrected chi connectivity index (χ1v) is 9.30. The maximum Gasteiger partial charge on any atom is 0.276 e. The largest absolute Gasteiger partial charge is 0.489 e. The Bertz CT molecular complexity index is 784. The van der Waals surface area contributed by atoms with Crippen molar-refractivity contribution >= 4 is 5.91 Å². The molecule has 2 aromatic rings. The van der Waals surface area contributed by atoms with Gasteiger partial charge in [-0.05, 0) is 45.4 Å². The van der Waals surface area contributed by atoms with E-state index >= 15 is 0 Å². The Morgan fingerprint density at radius 3 is 2.85 bits per heavy atom. The molecule has 2 saturated heterocycles. The first-order chi connectivity index (χ1) is 12.6. The zero-order chi connectivity index (χ0) is 18.1. The van der Waals surface area contributed by atoms with Crippen molar-refractivity contribution < 1.29 is 14.1 Å². The van der Waals surface area contributed by atoms with Crippen molar-refractivity contribution in [3.05, 3.63) is 46.8 Å². The van der Waals surface area contributed by atoms with Gasteiger partial charge in [-0.3, -0.25) is 9.69 Å². The highest BCUT2D eigenvalue weighted by Crippen LogP contribution is 2.24. The first-order valence-electron chi connectivity index (χ1n) is 9.30. The van der Waals surface area contributed by atoms with E-state index in [1.54, 1.807) is 0 Å². The number of rotatable bonds is 4. The summed E-state index contributed by atoms with van der Waals surface area (Å²) in [5, 5.41) is 4.04. The van der Waals surface area contributed by atoms with Crippen LogP contribution in [0, 0.1) is 13.8 Å². The van der Waals surface area contributed by atoms with Crippen LogP contribution in [0.3, 0.4) is 0 Å². The van der Waals surface area contributed by atoms with Gasteiger partial charge in [0.15, 0.2) is 5.69 Å². The van der Waals surface area contributed by atoms with Crippen LogP contribution in [0.25, 0.3) is 0 Å². The Morgan fingerprint density at radius 2 is 2.04 bits per heavy atom. The van der Waals surface area contributed by atoms with Crippen molar-refractivity contribution in [3.63, 3.8) is 0 Å². The molecule has 6 nitrogen and oxygen atoms in total. The Labute approximate surface area is 153 Å². The van der Waals surface area contributed by atoms with Gasteiger partial charge in [0, 0.05) is 25.7 Å². The average Bonchev–Trinajstić information content (AvgIpc) is 3.26. The van der Waals surface area contributed by atoms with Crippen molar-refractivity contribution in [1.82, 2.24) is 15.0 Å². The number of carbonyl (C=O) groups is 1. The number of benzene rings is 1. The highest BCUT2D eigenvalue weighted by molar-refractivity contribution is 5.94. The highest BCUT2D eigenvalue weighted by atomic mass is 16.5. The number of carbonyl (C=O) groups excluding carboxylic acids is 1. The van der Waals surface area contributed by atoms with E-state index in [1.807, 2.05) is 43.0 Å². The number of aryl methyl sites for hydroxylation is 2. The van der Waals surface area contributed by atoms with E-state index in [2.05, 4.69) is 10.1 Å². The molecule has 0 bridgehead atoms. The molecule has 138 valence electrons. The molecule has 4 rings (SSSR count). The van der Waals surface area contributed by atoms with E-state index < -0.39 is 0 Å². The van der Waals surface area contributed by atoms with Gasteiger partial charge in [0.05, 0.1) is 5.56 Å². The number of aromatic nitrogens is 1. The maximum atomic E-state index is 13.0. The topological polar surface area (TPSA) is 58.8 Å². The molecule has 2 aliphatic rings. The standard InChI is InChI=1S/C20H25N3O3/c1-14-5-7-17(8-6-14)25-13-18-15(2)26-21-19(18)20(24)23-11-10-22-9-3-4-16(22)12-23/h5-8,16H,3-4,9-13H2,1-2H3. The van der Waals surface area contributed by atoms with Crippen LogP contribution in [-0.2, 0) is 6.61 Å². The molecule has 3 heterocycles. The fourth-order valence-electron chi connectivity index (χ4n) is 3.84. The monoisotopic (exact) mass is 355 g/mol. The molecule has 0 radical (unpaired) electrons. The zero-order valence-electron chi connectivity index (χ0n) is 15.4. The van der Waals surface area contributed by atoms with Crippen molar-refractivity contribution in [2.24, 2.45) is 0 Å². The van der Waals surface area contributed by atoms with Gasteiger partial charge in [-0.1, -0.05) is 22.9 Å². The molecule has 1 amide bonds. The van der Waals surface area contributed by atoms with E-state index in [4.69, 9.17) is 9.26 Å². The molecule has 0 saturated carbocycles. The van der Waals surface area contributed by atoms with Crippen molar-refractivity contribution in [3.8, 4) is 5.75 Å². The summed E-state index contributed by atoms with van der Waals surface area (Å²) in [5.41, 5.74) is 2.31. The first kappa shape index (κ1) is 17.1. The molecule has 26 heavy (non-hydrogen) atoms. The molecule has 0 aliphatic carbocycles. The summed E-state index contributed by atoms with van der Waals surface area (Å²) in [6.45, 7) is 7.78. The maximum absolute atomic E-state index is 13.0. The molecule has 2 fully saturated rings. The lowest BCUT2D eigenvalue weighted by Crippen LogP contribution is -2.52. The van der Waals surface area contributed by atoms with Gasteiger partial charge in [0.1, 0.15) is 18.1 Å². The molecule has 0 N–H and O–H groups in total. The third-order valence-corrected chi connectivity index (χ3v) is 5.47. The van der Waals surface area contributed by atoms with Crippen LogP contribution >= 0.6 is 0 Å². The van der Waals surface area contributed by atoms with Gasteiger partial charge in [0.2, 0.25) is 0 Å². The summed E-state index contributed by atoms with van der Waals surface area (Å²) in [7, 11) is 0. The Morgan fingerprint density at radius 1 is 1.23 bits per heavy atom. The summed E-state index contributed by atoms with van der Waals surface area (Å²) >= 11 is 0. The Balaban J connectivity index is 1.46. The summed E-state index contributed by atoms with van der Waals surface area (Å²) in [5.74, 6) is 1.37. The van der Waals surface area contributed by atoms with Gasteiger partial charge < -0.3 is 14.2 Å². The second kappa shape index (κ2) is 7.11. The molecule has 1 unspecified atom stereocenters. The lowest BCUT2D eigenvalue weighted by molar-refractivity contribution is 0.0559. The summed E-state index contributed by atoms with van der Waals surface area (Å²) in [4.78, 5) is 17.4. The number of amides is 1. The molecule has 0 spiro atoms. The van der Waals surface area contributed by atoms with E-state index in [9.17, 15) is 4.79 Å². The van der Waals surface area contributed by atoms with E-state index in [-0.39, 0.29) is 12.5 Å². The summed E-state index contributed by atoms with van der Waals surface area (Å²) in [6.07, 6.45) is 2.40. The fraction of sp³-hybridized carbons (Fsp3) is 0.500. The highest BCUT2D eigenvalue weighted by Gasteiger charge is 2.34. The number of nitrogens with zero attached hydrogens (tertiary/aromatic N) is 3. The predicted molar refractivity (Wildman–Crippen MR) is 97.2 cm³/mol. The summed E-state index contributed by atoms with van der Waals surface area (Å²) < 4.78 is 11.2. The van der Waals surface area contributed by atoms with Gasteiger partial charge in [-0.2, -0.15) is 0 Å². The number of hydrogen-bond donors (Lipinski definition) is 0. The predicted octanol–water partition coefficient (Wildman–Crippen LogP) is 2.79. The van der Waals surface area contributed by atoms with E-state index in [0.29, 0.717) is 17.5 Å². The number of ether oxygens (including phenoxy) is 1. The van der Waals surface area contributed by atoms with Crippen LogP contribution in [0.4, 0.5) is 0 Å². The zero-order valence-corrected chi connectivity index (χ0v) is 15.4. The van der Waals surface area contributed by atoms with Gasteiger partial charge in [-0.15, -0.1) is 0 Å². The minimum Gasteiger partial charge on any atom is -0.489 e. The molecule has 6 heteroatoms. The quantitative estimate of drug-likeness (QED) is 0.844. The van der Waals surface area contributed by atoms with Crippen molar-refractivity contribution in [2.75, 3.05) is 26.2 Å². The second-order valence-electron chi connectivity index (χ2n) is 7.25. The number of piperazine rings is 1. The number of hydrogen-bond acceptors (Lipinski definition) is 5. The third-order valence-electron chi connectivity index (χ3n) is 5.47. The molecule has 2 aliphatic heterocycles. The average molecular weight is 355 g/mol. The summed E-state index contributed by atoms with van der Waals surface area (Å²) in [6, 6.07) is 8.36. The molecular weight excluding hydrogens is 330 g/mol. The Kier molecular flexibility index (Phi) is 4.68. The van der Waals surface area contributed by atoms with Crippen LogP contribution in [-0.4, -0.2) is 53.1 Å². The van der Waals surface area contributed by atoms with Crippen LogP contribution in [0.2, 0.25) is 0 Å². The minimum atomic E-state index is -0.0455. The van der Waals surface area contributed by atoms with Gasteiger partial charge in [0.25, 0.3) is 5.91 Å². The van der Waals surface area contributed by atoms with Crippen molar-refractivity contribution in [2.45, 2.75) is 39.3 Å². The fourth-order valence-corrected chi connectivity index (χ4v) is 3.84. The third kappa shape index (κ3) is 3.33. The normalized spacial score (nSPS) is 20.2. The Hall–Kier alpha value is -2.34. The van der Waals surface area contributed by atoms with Crippen LogP contribution in [0.15, 0.2) is 28.8 Å². The SMILES string of the molecule is Cc1ccc(OCc2c(C(=O)N3CCN4CCCC4C3)noc2C)cc1. The van der Waals surface area contributed by atoms with Crippen molar-refractivity contribution in [1.29, 1.82) is 0 Å². The van der Waals surface area contributed by atoms with Gasteiger partial charge >= 0.3 is 0 Å². The van der Waals surface area contributed by atoms with Crippen LogP contribution < -0.4 is 4.74 Å². The number of fused-ring (bicyclic) bond motifs is 1. The molecular formula is C20H25N3O3. The lowest BCUT2D eigenvalue weighted by atomic mass is 10.1. The molecule has 1 aromatic heterocycles. The van der Waals surface area contributed by atoms with E-state index in [1.165, 1.54) is 18.4 Å². The molecule has 1 atom stereocenters. The van der Waals surface area contributed by atoms with Crippen LogP contribution in [0.1, 0.15) is 40.2 Å². The lowest BCUT2D eigenvalue weighted by Gasteiger charge is -2.37. The molecule has 1 aromatic carbocycles. The minimum absolute atomic E-state index is 0.0455. The smallest absolute Gasteiger partial charge is 0.276 e. The van der Waals surface area contributed by atoms with Crippen LogP contribution in [0.5, 0.6) is 5.75 Å². The van der Waals surface area contributed by atoms with E-state index in [0.717, 1.165) is 37.5 Å². The second-order valence-corrected chi connectivity index (χ2v) is 7.25. The van der Waals surface area contributed by atoms with Gasteiger partial charge in [-0.25, -0.2) is 0 Å².